The van der Waals surface area contributed by atoms with Crippen LogP contribution in [-0.4, -0.2) is 30.7 Å². The van der Waals surface area contributed by atoms with Crippen molar-refractivity contribution in [2.75, 3.05) is 19.6 Å². The number of piperidine rings is 1. The lowest BCUT2D eigenvalue weighted by Crippen LogP contribution is -2.34. The Morgan fingerprint density at radius 1 is 1.23 bits per heavy atom. The van der Waals surface area contributed by atoms with Gasteiger partial charge >= 0.3 is 0 Å². The zero-order valence-corrected chi connectivity index (χ0v) is 9.35. The number of hydrogen-bond acceptors (Lipinski definition) is 1. The molecule has 0 aliphatic carbocycles. The highest BCUT2D eigenvalue weighted by atomic mass is 19.1. The van der Waals surface area contributed by atoms with Crippen LogP contribution in [0.2, 0.25) is 0 Å². The van der Waals surface area contributed by atoms with E-state index < -0.39 is 6.17 Å². The van der Waals surface area contributed by atoms with Gasteiger partial charge in [-0.25, -0.2) is 4.39 Å². The van der Waals surface area contributed by atoms with Gasteiger partial charge in [0.25, 0.3) is 0 Å². The van der Waals surface area contributed by atoms with Crippen molar-refractivity contribution in [1.29, 1.82) is 0 Å². The van der Waals surface area contributed by atoms with Crippen LogP contribution < -0.4 is 0 Å². The van der Waals surface area contributed by atoms with Crippen LogP contribution in [0.4, 0.5) is 4.39 Å². The van der Waals surface area contributed by atoms with E-state index in [0.717, 1.165) is 25.9 Å². The summed E-state index contributed by atoms with van der Waals surface area (Å²) in [7, 11) is 0. The highest BCUT2D eigenvalue weighted by molar-refractivity contribution is 4.70. The largest absolute Gasteiger partial charge is 0.303 e. The summed E-state index contributed by atoms with van der Waals surface area (Å²) in [6.07, 6.45) is 3.49. The Bertz CT molecular complexity index is 95.5. The highest BCUT2D eigenvalue weighted by Crippen LogP contribution is 2.13. The summed E-state index contributed by atoms with van der Waals surface area (Å²) < 4.78 is 12.7. The Morgan fingerprint density at radius 3 is 2.23 bits per heavy atom. The van der Waals surface area contributed by atoms with E-state index in [2.05, 4.69) is 11.8 Å². The van der Waals surface area contributed by atoms with Crippen molar-refractivity contribution in [2.45, 2.75) is 52.6 Å². The van der Waals surface area contributed by atoms with Gasteiger partial charge in [0.05, 0.1) is 0 Å². The predicted molar refractivity (Wildman–Crippen MR) is 56.8 cm³/mol. The van der Waals surface area contributed by atoms with E-state index in [1.165, 1.54) is 19.4 Å². The highest BCUT2D eigenvalue weighted by Gasteiger charge is 2.16. The van der Waals surface area contributed by atoms with Crippen LogP contribution in [0.15, 0.2) is 0 Å². The zero-order valence-electron chi connectivity index (χ0n) is 9.35. The third-order valence-electron chi connectivity index (χ3n) is 2.35. The van der Waals surface area contributed by atoms with Crippen molar-refractivity contribution in [3.8, 4) is 0 Å². The molecular weight excluding hydrogens is 165 g/mol. The molecule has 1 heterocycles. The fraction of sp³-hybridized carbons (Fsp3) is 1.00. The third-order valence-corrected chi connectivity index (χ3v) is 2.35. The zero-order chi connectivity index (χ0) is 10.1. The maximum atomic E-state index is 12.7. The molecular formula is C11H24FN. The summed E-state index contributed by atoms with van der Waals surface area (Å²) in [6.45, 7) is 9.31. The second-order valence-corrected chi connectivity index (χ2v) is 3.37. The molecule has 1 saturated heterocycles. The van der Waals surface area contributed by atoms with Crippen LogP contribution in [0.3, 0.4) is 0 Å². The van der Waals surface area contributed by atoms with Gasteiger partial charge in [-0.05, 0) is 25.8 Å². The lowest BCUT2D eigenvalue weighted by atomic mass is 10.1. The van der Waals surface area contributed by atoms with E-state index >= 15 is 0 Å². The molecule has 1 nitrogen and oxygen atoms in total. The van der Waals surface area contributed by atoms with E-state index in [9.17, 15) is 4.39 Å². The smallest absolute Gasteiger partial charge is 0.103 e. The Balaban J connectivity index is 0.000000671. The van der Waals surface area contributed by atoms with Gasteiger partial charge in [-0.1, -0.05) is 27.2 Å². The fourth-order valence-electron chi connectivity index (χ4n) is 1.51. The number of halogens is 1. The molecule has 0 radical (unpaired) electrons. The van der Waals surface area contributed by atoms with Gasteiger partial charge in [0.2, 0.25) is 0 Å². The molecule has 1 rings (SSSR count). The molecule has 0 aromatic rings. The van der Waals surface area contributed by atoms with Crippen molar-refractivity contribution >= 4 is 0 Å². The molecule has 1 aliphatic heterocycles. The van der Waals surface area contributed by atoms with Gasteiger partial charge in [-0.3, -0.25) is 0 Å². The molecule has 0 atom stereocenters. The molecule has 0 amide bonds. The molecule has 80 valence electrons. The van der Waals surface area contributed by atoms with E-state index in [1.54, 1.807) is 0 Å². The third kappa shape index (κ3) is 6.03. The van der Waals surface area contributed by atoms with E-state index in [0.29, 0.717) is 0 Å². The minimum Gasteiger partial charge on any atom is -0.303 e. The normalized spacial score (nSPS) is 19.4. The van der Waals surface area contributed by atoms with Crippen molar-refractivity contribution < 1.29 is 4.39 Å². The molecule has 13 heavy (non-hydrogen) atoms. The first kappa shape index (κ1) is 12.9. The Kier molecular flexibility index (Phi) is 8.41. The van der Waals surface area contributed by atoms with Crippen molar-refractivity contribution in [3.05, 3.63) is 0 Å². The second-order valence-electron chi connectivity index (χ2n) is 3.37. The van der Waals surface area contributed by atoms with Crippen molar-refractivity contribution in [2.24, 2.45) is 0 Å². The van der Waals surface area contributed by atoms with Gasteiger partial charge < -0.3 is 4.90 Å². The first-order valence-corrected chi connectivity index (χ1v) is 5.69. The van der Waals surface area contributed by atoms with Gasteiger partial charge in [0.15, 0.2) is 0 Å². The molecule has 1 fully saturated rings. The molecule has 0 bridgehead atoms. The minimum absolute atomic E-state index is 0.520. The number of nitrogens with zero attached hydrogens (tertiary/aromatic N) is 1. The quantitative estimate of drug-likeness (QED) is 0.658. The standard InChI is InChI=1S/C9H18FN.C2H6/c1-2-3-6-11-7-4-9(10)5-8-11;1-2/h9H,2-8H2,1H3;1-2H3. The topological polar surface area (TPSA) is 3.24 Å². The molecule has 0 unspecified atom stereocenters. The Labute approximate surface area is 82.3 Å². The summed E-state index contributed by atoms with van der Waals surface area (Å²) in [5, 5.41) is 0. The SMILES string of the molecule is CC.CCCCN1CCC(F)CC1. The lowest BCUT2D eigenvalue weighted by molar-refractivity contribution is 0.149. The number of likely N-dealkylation sites (tertiary alicyclic amines) is 1. The minimum atomic E-state index is -0.520. The first-order valence-electron chi connectivity index (χ1n) is 5.69. The first-order chi connectivity index (χ1) is 6.33. The van der Waals surface area contributed by atoms with Crippen LogP contribution in [0, 0.1) is 0 Å². The van der Waals surface area contributed by atoms with Gasteiger partial charge in [0, 0.05) is 13.1 Å². The summed E-state index contributed by atoms with van der Waals surface area (Å²) >= 11 is 0. The van der Waals surface area contributed by atoms with E-state index in [1.807, 2.05) is 13.8 Å². The average molecular weight is 189 g/mol. The Morgan fingerprint density at radius 2 is 1.77 bits per heavy atom. The van der Waals surface area contributed by atoms with Crippen LogP contribution in [0.25, 0.3) is 0 Å². The maximum absolute atomic E-state index is 12.7. The van der Waals surface area contributed by atoms with Crippen LogP contribution in [0.1, 0.15) is 46.5 Å². The number of alkyl halides is 1. The lowest BCUT2D eigenvalue weighted by Gasteiger charge is -2.28. The molecule has 2 heteroatoms. The Hall–Kier alpha value is -0.110. The number of hydrogen-bond donors (Lipinski definition) is 0. The monoisotopic (exact) mass is 189 g/mol. The van der Waals surface area contributed by atoms with E-state index in [4.69, 9.17) is 0 Å². The molecule has 0 aromatic carbocycles. The van der Waals surface area contributed by atoms with Crippen LogP contribution >= 0.6 is 0 Å². The van der Waals surface area contributed by atoms with Crippen molar-refractivity contribution in [1.82, 2.24) is 4.90 Å². The predicted octanol–water partition coefficient (Wildman–Crippen LogP) is 3.25. The molecule has 1 aliphatic rings. The number of rotatable bonds is 3. The van der Waals surface area contributed by atoms with Gasteiger partial charge in [-0.15, -0.1) is 0 Å². The molecule has 0 aromatic heterocycles. The fourth-order valence-corrected chi connectivity index (χ4v) is 1.51. The summed E-state index contributed by atoms with van der Waals surface area (Å²) in [5.74, 6) is 0. The summed E-state index contributed by atoms with van der Waals surface area (Å²) in [5.41, 5.74) is 0. The summed E-state index contributed by atoms with van der Waals surface area (Å²) in [6, 6.07) is 0. The second kappa shape index (κ2) is 8.49. The summed E-state index contributed by atoms with van der Waals surface area (Å²) in [4.78, 5) is 2.37. The average Bonchev–Trinajstić information content (AvgIpc) is 2.20. The van der Waals surface area contributed by atoms with Crippen LogP contribution in [0.5, 0.6) is 0 Å². The molecule has 0 N–H and O–H groups in total. The van der Waals surface area contributed by atoms with Crippen molar-refractivity contribution in [3.63, 3.8) is 0 Å². The van der Waals surface area contributed by atoms with E-state index in [-0.39, 0.29) is 0 Å². The van der Waals surface area contributed by atoms with Gasteiger partial charge in [0.1, 0.15) is 6.17 Å². The van der Waals surface area contributed by atoms with Gasteiger partial charge in [-0.2, -0.15) is 0 Å². The molecule has 0 spiro atoms. The van der Waals surface area contributed by atoms with Crippen LogP contribution in [-0.2, 0) is 0 Å². The molecule has 0 saturated carbocycles. The number of unbranched alkanes of at least 4 members (excludes halogenated alkanes) is 1. The maximum Gasteiger partial charge on any atom is 0.103 e.